The molecule has 0 saturated carbocycles. The molecule has 1 aliphatic heterocycles. The zero-order chi connectivity index (χ0) is 28.7. The first-order valence-corrected chi connectivity index (χ1v) is 13.5. The van der Waals surface area contributed by atoms with Crippen molar-refractivity contribution in [2.45, 2.75) is 31.9 Å². The normalized spacial score (nSPS) is 16.2. The van der Waals surface area contributed by atoms with Gasteiger partial charge in [-0.15, -0.1) is 5.10 Å². The molecule has 0 radical (unpaired) electrons. The van der Waals surface area contributed by atoms with E-state index in [1.165, 1.54) is 12.1 Å². The molecule has 2 aromatic carbocycles. The Balaban J connectivity index is 1.25. The first-order valence-electron chi connectivity index (χ1n) is 13.5. The number of β-amino-alcohol motifs (C(OH)–C–C–N with tert-alkyl or cyclic N) is 1. The molecule has 2 unspecified atom stereocenters. The Morgan fingerprint density at radius 1 is 1.12 bits per heavy atom. The predicted octanol–water partition coefficient (Wildman–Crippen LogP) is 4.51. The maximum Gasteiger partial charge on any atom is 0.324 e. The van der Waals surface area contributed by atoms with Gasteiger partial charge in [0.1, 0.15) is 5.82 Å². The zero-order valence-corrected chi connectivity index (χ0v) is 22.7. The van der Waals surface area contributed by atoms with Crippen LogP contribution in [0, 0.1) is 5.82 Å². The molecule has 1 saturated heterocycles. The number of hydrogen-bond acceptors (Lipinski definition) is 5. The first-order chi connectivity index (χ1) is 19.7. The lowest BCUT2D eigenvalue weighted by Gasteiger charge is -2.29. The van der Waals surface area contributed by atoms with Crippen LogP contribution in [0.2, 0.25) is 0 Å². The lowest BCUT2D eigenvalue weighted by Crippen LogP contribution is -2.44. The predicted molar refractivity (Wildman–Crippen MR) is 153 cm³/mol. The van der Waals surface area contributed by atoms with E-state index in [1.807, 2.05) is 48.9 Å². The van der Waals surface area contributed by atoms with Gasteiger partial charge in [-0.05, 0) is 72.9 Å². The molecule has 0 spiro atoms. The summed E-state index contributed by atoms with van der Waals surface area (Å²) >= 11 is 0. The summed E-state index contributed by atoms with van der Waals surface area (Å²) in [6, 6.07) is 15.1. The minimum Gasteiger partial charge on any atom is -0.391 e. The summed E-state index contributed by atoms with van der Waals surface area (Å²) in [5.41, 5.74) is 4.40. The van der Waals surface area contributed by atoms with Gasteiger partial charge in [0.25, 0.3) is 11.9 Å². The number of urea groups is 1. The number of aromatic nitrogens is 4. The summed E-state index contributed by atoms with van der Waals surface area (Å²) in [5.74, 6) is -0.421. The molecule has 11 heteroatoms. The Morgan fingerprint density at radius 3 is 2.76 bits per heavy atom. The molecular formula is C30H30FN7O3. The highest BCUT2D eigenvalue weighted by atomic mass is 19.1. The number of piperidine rings is 1. The van der Waals surface area contributed by atoms with Crippen molar-refractivity contribution < 1.29 is 19.1 Å². The van der Waals surface area contributed by atoms with Gasteiger partial charge < -0.3 is 19.9 Å². The Morgan fingerprint density at radius 2 is 1.95 bits per heavy atom. The van der Waals surface area contributed by atoms with Crippen molar-refractivity contribution in [3.8, 4) is 11.1 Å². The van der Waals surface area contributed by atoms with Crippen molar-refractivity contribution in [1.29, 1.82) is 0 Å². The number of carbonyl (C=O) groups excluding carboxylic acids is 2. The van der Waals surface area contributed by atoms with Crippen LogP contribution in [-0.4, -0.2) is 60.3 Å². The number of fused-ring (bicyclic) bond motifs is 2. The molecule has 3 N–H and O–H groups in total. The molecule has 1 fully saturated rings. The average Bonchev–Trinajstić information content (AvgIpc) is 3.52. The molecule has 3 aromatic heterocycles. The highest BCUT2D eigenvalue weighted by Gasteiger charge is 2.23. The van der Waals surface area contributed by atoms with Gasteiger partial charge in [0, 0.05) is 43.4 Å². The van der Waals surface area contributed by atoms with Crippen LogP contribution >= 0.6 is 0 Å². The number of benzene rings is 2. The van der Waals surface area contributed by atoms with Crippen LogP contribution in [0.25, 0.3) is 27.7 Å². The topological polar surface area (TPSA) is 117 Å². The number of rotatable bonds is 5. The van der Waals surface area contributed by atoms with Gasteiger partial charge in [-0.3, -0.25) is 10.1 Å². The van der Waals surface area contributed by atoms with Gasteiger partial charge in [-0.25, -0.2) is 13.7 Å². The average molecular weight is 556 g/mol. The van der Waals surface area contributed by atoms with Crippen LogP contribution in [0.1, 0.15) is 41.7 Å². The van der Waals surface area contributed by atoms with Crippen LogP contribution in [0.5, 0.6) is 0 Å². The second kappa shape index (κ2) is 10.7. The minimum absolute atomic E-state index is 0.178. The highest BCUT2D eigenvalue weighted by molar-refractivity contribution is 6.08. The molecular weight excluding hydrogens is 525 g/mol. The molecule has 41 heavy (non-hydrogen) atoms. The number of pyridine rings is 1. The van der Waals surface area contributed by atoms with Crippen molar-refractivity contribution in [2.75, 3.05) is 18.4 Å². The van der Waals surface area contributed by atoms with Gasteiger partial charge in [0.15, 0.2) is 5.65 Å². The third-order valence-corrected chi connectivity index (χ3v) is 7.50. The number of carbonyl (C=O) groups is 2. The molecule has 5 aromatic rings. The molecule has 3 amide bonds. The van der Waals surface area contributed by atoms with Crippen LogP contribution in [0.3, 0.4) is 0 Å². The van der Waals surface area contributed by atoms with Crippen molar-refractivity contribution in [3.63, 3.8) is 0 Å². The second-order valence-corrected chi connectivity index (χ2v) is 10.5. The van der Waals surface area contributed by atoms with E-state index < -0.39 is 6.10 Å². The monoisotopic (exact) mass is 555 g/mol. The van der Waals surface area contributed by atoms with E-state index in [0.717, 1.165) is 28.5 Å². The molecule has 210 valence electrons. The van der Waals surface area contributed by atoms with Crippen molar-refractivity contribution in [2.24, 2.45) is 7.05 Å². The Hall–Kier alpha value is -4.77. The van der Waals surface area contributed by atoms with Crippen molar-refractivity contribution >= 4 is 34.4 Å². The number of aliphatic hydroxyl groups excluding tert-OH is 1. The van der Waals surface area contributed by atoms with Crippen LogP contribution in [0.15, 0.2) is 67.0 Å². The fourth-order valence-electron chi connectivity index (χ4n) is 5.31. The maximum absolute atomic E-state index is 13.7. The lowest BCUT2D eigenvalue weighted by atomic mass is 10.0. The number of nitrogens with zero attached hydrogens (tertiary/aromatic N) is 5. The van der Waals surface area contributed by atoms with E-state index in [0.29, 0.717) is 29.7 Å². The maximum atomic E-state index is 13.7. The van der Waals surface area contributed by atoms with Crippen LogP contribution in [-0.2, 0) is 7.05 Å². The SMILES string of the molecule is CC(NC(=O)c1cn(C)c2ccc(-c3ccn4nc(NC(=O)N5CCCC(O)C5)nc4c3)cc12)c1cccc(F)c1. The van der Waals surface area contributed by atoms with Crippen LogP contribution in [0.4, 0.5) is 15.1 Å². The molecule has 1 aliphatic rings. The third-order valence-electron chi connectivity index (χ3n) is 7.50. The number of anilines is 1. The first kappa shape index (κ1) is 26.5. The van der Waals surface area contributed by atoms with Crippen molar-refractivity contribution in [3.05, 3.63) is 83.9 Å². The molecule has 2 atom stereocenters. The number of likely N-dealkylation sites (tertiary alicyclic amines) is 1. The molecule has 0 bridgehead atoms. The summed E-state index contributed by atoms with van der Waals surface area (Å²) in [6.07, 6.45) is 4.48. The zero-order valence-electron chi connectivity index (χ0n) is 22.7. The summed E-state index contributed by atoms with van der Waals surface area (Å²) in [4.78, 5) is 31.9. The number of aryl methyl sites for hydroxylation is 1. The quantitative estimate of drug-likeness (QED) is 0.295. The van der Waals surface area contributed by atoms with Gasteiger partial charge in [-0.1, -0.05) is 18.2 Å². The summed E-state index contributed by atoms with van der Waals surface area (Å²) < 4.78 is 17.2. The molecule has 10 nitrogen and oxygen atoms in total. The van der Waals surface area contributed by atoms with Crippen molar-refractivity contribution in [1.82, 2.24) is 29.4 Å². The Labute approximate surface area is 235 Å². The van der Waals surface area contributed by atoms with E-state index in [9.17, 15) is 19.1 Å². The fourth-order valence-corrected chi connectivity index (χ4v) is 5.31. The molecule has 0 aliphatic carbocycles. The van der Waals surface area contributed by atoms with Gasteiger partial charge in [-0.2, -0.15) is 4.98 Å². The van der Waals surface area contributed by atoms with Crippen LogP contribution < -0.4 is 10.6 Å². The number of nitrogens with one attached hydrogen (secondary N) is 2. The lowest BCUT2D eigenvalue weighted by molar-refractivity contribution is 0.0883. The van der Waals surface area contributed by atoms with E-state index in [-0.39, 0.29) is 36.3 Å². The summed E-state index contributed by atoms with van der Waals surface area (Å²) in [6.45, 7) is 2.69. The van der Waals surface area contributed by atoms with Gasteiger partial charge in [0.05, 0.1) is 17.7 Å². The summed E-state index contributed by atoms with van der Waals surface area (Å²) in [5, 5.41) is 20.7. The van der Waals surface area contributed by atoms with E-state index in [4.69, 9.17) is 0 Å². The highest BCUT2D eigenvalue weighted by Crippen LogP contribution is 2.29. The number of hydrogen-bond donors (Lipinski definition) is 3. The number of aliphatic hydroxyl groups is 1. The second-order valence-electron chi connectivity index (χ2n) is 10.5. The largest absolute Gasteiger partial charge is 0.391 e. The minimum atomic E-state index is -0.517. The Bertz CT molecular complexity index is 1780. The third kappa shape index (κ3) is 5.36. The smallest absolute Gasteiger partial charge is 0.324 e. The Kier molecular flexibility index (Phi) is 6.88. The summed E-state index contributed by atoms with van der Waals surface area (Å²) in [7, 11) is 1.89. The molecule has 6 rings (SSSR count). The number of halogens is 1. The van der Waals surface area contributed by atoms with E-state index in [1.54, 1.807) is 33.9 Å². The van der Waals surface area contributed by atoms with E-state index >= 15 is 0 Å². The number of amides is 3. The fraction of sp³-hybridized carbons (Fsp3) is 0.267. The standard InChI is InChI=1S/C30H30FN7O3/c1-18(19-5-3-6-22(31)13-19)32-28(40)25-17-36(2)26-9-8-20(14-24(25)26)21-10-12-38-27(15-21)33-29(35-38)34-30(41)37-11-4-7-23(39)16-37/h3,5-6,8-10,12-15,17-18,23,39H,4,7,11,16H2,1-2H3,(H,32,40)(H,34,35,41). The van der Waals surface area contributed by atoms with Gasteiger partial charge >= 0.3 is 6.03 Å². The molecule has 4 heterocycles. The van der Waals surface area contributed by atoms with Gasteiger partial charge in [0.2, 0.25) is 0 Å². The van der Waals surface area contributed by atoms with E-state index in [2.05, 4.69) is 20.7 Å².